The first-order valence-corrected chi connectivity index (χ1v) is 11.1. The van der Waals surface area contributed by atoms with Crippen molar-refractivity contribution in [1.29, 1.82) is 0 Å². The second-order valence-corrected chi connectivity index (χ2v) is 9.15. The number of halogens is 3. The van der Waals surface area contributed by atoms with E-state index < -0.39 is 11.9 Å². The molecular formula is C20H22F3N5O2S. The molecule has 166 valence electrons. The Morgan fingerprint density at radius 1 is 1.29 bits per heavy atom. The van der Waals surface area contributed by atoms with E-state index in [0.29, 0.717) is 37.4 Å². The van der Waals surface area contributed by atoms with Gasteiger partial charge in [0.15, 0.2) is 5.69 Å². The maximum absolute atomic E-state index is 14.1. The third kappa shape index (κ3) is 3.52. The van der Waals surface area contributed by atoms with Crippen molar-refractivity contribution in [2.75, 3.05) is 36.5 Å². The molecule has 3 aliphatic rings. The van der Waals surface area contributed by atoms with Crippen molar-refractivity contribution < 1.29 is 22.7 Å². The summed E-state index contributed by atoms with van der Waals surface area (Å²) in [6.07, 6.45) is -1.92. The highest BCUT2D eigenvalue weighted by molar-refractivity contribution is 7.03. The van der Waals surface area contributed by atoms with Gasteiger partial charge in [-0.1, -0.05) is 0 Å². The van der Waals surface area contributed by atoms with Crippen molar-refractivity contribution >= 4 is 29.3 Å². The van der Waals surface area contributed by atoms with Crippen molar-refractivity contribution in [3.05, 3.63) is 17.3 Å². The first-order chi connectivity index (χ1) is 14.8. The number of hydrogen-bond donors (Lipinski definition) is 0. The number of carbonyl (C=O) groups excluding carboxylic acids is 1. The average molecular weight is 453 g/mol. The van der Waals surface area contributed by atoms with Crippen molar-refractivity contribution in [3.8, 4) is 11.1 Å². The molecule has 2 aliphatic heterocycles. The molecule has 2 aromatic rings. The SMILES string of the molecule is COC(=O)CC1[C@H]2CN(c3nc(N4CC[C@@H]4C)nc(C(F)(F)F)c3-c3cnsc3)C[C@@H]12. The van der Waals surface area contributed by atoms with E-state index in [4.69, 9.17) is 4.74 Å². The number of fused-ring (bicyclic) bond motifs is 1. The van der Waals surface area contributed by atoms with Crippen LogP contribution < -0.4 is 9.80 Å². The first-order valence-electron chi connectivity index (χ1n) is 10.2. The Morgan fingerprint density at radius 2 is 2.03 bits per heavy atom. The van der Waals surface area contributed by atoms with Gasteiger partial charge in [-0.05, 0) is 42.6 Å². The molecule has 0 bridgehead atoms. The van der Waals surface area contributed by atoms with E-state index in [2.05, 4.69) is 14.3 Å². The van der Waals surface area contributed by atoms with Gasteiger partial charge < -0.3 is 14.5 Å². The number of methoxy groups -OCH3 is 1. The van der Waals surface area contributed by atoms with Crippen LogP contribution in [0.15, 0.2) is 11.6 Å². The lowest BCUT2D eigenvalue weighted by Gasteiger charge is -2.39. The summed E-state index contributed by atoms with van der Waals surface area (Å²) in [7, 11) is 1.37. The number of aromatic nitrogens is 3. The molecule has 1 saturated carbocycles. The van der Waals surface area contributed by atoms with Crippen LogP contribution in [-0.2, 0) is 15.7 Å². The van der Waals surface area contributed by atoms with E-state index in [0.717, 1.165) is 18.0 Å². The molecular weight excluding hydrogens is 431 g/mol. The molecule has 0 N–H and O–H groups in total. The van der Waals surface area contributed by atoms with Gasteiger partial charge in [-0.15, -0.1) is 0 Å². The molecule has 1 unspecified atom stereocenters. The quantitative estimate of drug-likeness (QED) is 0.642. The number of esters is 1. The van der Waals surface area contributed by atoms with Crippen molar-refractivity contribution in [3.63, 3.8) is 0 Å². The number of hydrogen-bond acceptors (Lipinski definition) is 8. The number of carbonyl (C=O) groups is 1. The molecule has 0 amide bonds. The largest absolute Gasteiger partial charge is 0.469 e. The van der Waals surface area contributed by atoms with Gasteiger partial charge in [0.1, 0.15) is 5.82 Å². The number of alkyl halides is 3. The summed E-state index contributed by atoms with van der Waals surface area (Å²) in [5, 5.41) is 1.60. The maximum atomic E-state index is 14.1. The van der Waals surface area contributed by atoms with E-state index in [1.54, 1.807) is 5.38 Å². The summed E-state index contributed by atoms with van der Waals surface area (Å²) >= 11 is 1.10. The van der Waals surface area contributed by atoms with E-state index in [1.165, 1.54) is 13.3 Å². The van der Waals surface area contributed by atoms with Crippen LogP contribution in [0.2, 0.25) is 0 Å². The first kappa shape index (κ1) is 20.5. The highest BCUT2D eigenvalue weighted by Gasteiger charge is 2.57. The van der Waals surface area contributed by atoms with Crippen molar-refractivity contribution in [1.82, 2.24) is 14.3 Å². The molecule has 31 heavy (non-hydrogen) atoms. The second kappa shape index (κ2) is 7.32. The molecule has 0 radical (unpaired) electrons. The van der Waals surface area contributed by atoms with Crippen LogP contribution in [-0.4, -0.2) is 53.1 Å². The third-order valence-electron chi connectivity index (χ3n) is 6.75. The molecule has 1 aliphatic carbocycles. The number of ether oxygens (including phenoxy) is 1. The molecule has 5 rings (SSSR count). The van der Waals surface area contributed by atoms with Gasteiger partial charge in [-0.3, -0.25) is 4.79 Å². The molecule has 3 fully saturated rings. The average Bonchev–Trinajstić information content (AvgIpc) is 3.15. The summed E-state index contributed by atoms with van der Waals surface area (Å²) in [5.74, 6) is 0.951. The van der Waals surface area contributed by atoms with Crippen LogP contribution >= 0.6 is 11.5 Å². The van der Waals surface area contributed by atoms with Gasteiger partial charge in [0.25, 0.3) is 0 Å². The highest BCUT2D eigenvalue weighted by atomic mass is 32.1. The molecule has 0 aromatic carbocycles. The zero-order valence-electron chi connectivity index (χ0n) is 17.1. The Bertz CT molecular complexity index is 987. The summed E-state index contributed by atoms with van der Waals surface area (Å²) in [6.45, 7) is 3.74. The summed E-state index contributed by atoms with van der Waals surface area (Å²) in [4.78, 5) is 24.0. The van der Waals surface area contributed by atoms with Crippen molar-refractivity contribution in [2.24, 2.45) is 17.8 Å². The lowest BCUT2D eigenvalue weighted by atomic mass is 10.0. The fraction of sp³-hybridized carbons (Fsp3) is 0.600. The maximum Gasteiger partial charge on any atom is 0.434 e. The monoisotopic (exact) mass is 453 g/mol. The number of rotatable bonds is 5. The van der Waals surface area contributed by atoms with E-state index in [9.17, 15) is 18.0 Å². The number of anilines is 2. The smallest absolute Gasteiger partial charge is 0.434 e. The topological polar surface area (TPSA) is 71.5 Å². The van der Waals surface area contributed by atoms with Crippen LogP contribution in [0.5, 0.6) is 0 Å². The normalized spacial score (nSPS) is 27.1. The predicted octanol–water partition coefficient (Wildman–Crippen LogP) is 3.46. The zero-order valence-corrected chi connectivity index (χ0v) is 17.9. The van der Waals surface area contributed by atoms with E-state index in [1.807, 2.05) is 16.7 Å². The minimum absolute atomic E-state index is 0.0102. The summed E-state index contributed by atoms with van der Waals surface area (Å²) in [5.41, 5.74) is -0.551. The Kier molecular flexibility index (Phi) is 4.83. The molecule has 4 heterocycles. The second-order valence-electron chi connectivity index (χ2n) is 8.49. The van der Waals surface area contributed by atoms with Gasteiger partial charge in [-0.25, -0.2) is 9.36 Å². The fourth-order valence-electron chi connectivity index (χ4n) is 4.81. The zero-order chi connectivity index (χ0) is 21.9. The van der Waals surface area contributed by atoms with Gasteiger partial charge in [0.2, 0.25) is 5.95 Å². The standard InChI is InChI=1S/C20H22F3N5O2S/c1-10-3-4-28(10)19-25-17(20(21,22)23)16(11-6-24-31-9-11)18(26-19)27-7-13-12(14(13)8-27)5-15(29)30-2/h6,9-10,12-14H,3-5,7-8H2,1-2H3/t10-,12?,13-,14+/m0/s1. The molecule has 4 atom stereocenters. The van der Waals surface area contributed by atoms with Gasteiger partial charge in [-0.2, -0.15) is 18.2 Å². The van der Waals surface area contributed by atoms with Crippen LogP contribution in [0.25, 0.3) is 11.1 Å². The van der Waals surface area contributed by atoms with Gasteiger partial charge >= 0.3 is 12.1 Å². The minimum Gasteiger partial charge on any atom is -0.469 e. The molecule has 2 saturated heterocycles. The van der Waals surface area contributed by atoms with Gasteiger partial charge in [0, 0.05) is 49.2 Å². The van der Waals surface area contributed by atoms with E-state index >= 15 is 0 Å². The molecule has 7 nitrogen and oxygen atoms in total. The minimum atomic E-state index is -4.62. The Hall–Kier alpha value is -2.43. The molecule has 2 aromatic heterocycles. The van der Waals surface area contributed by atoms with Crippen LogP contribution in [0.3, 0.4) is 0 Å². The predicted molar refractivity (Wildman–Crippen MR) is 109 cm³/mol. The summed E-state index contributed by atoms with van der Waals surface area (Å²) in [6, 6.07) is 0.110. The fourth-order valence-corrected chi connectivity index (χ4v) is 5.34. The Labute approximate surface area is 181 Å². The van der Waals surface area contributed by atoms with E-state index in [-0.39, 0.29) is 41.3 Å². The van der Waals surface area contributed by atoms with Crippen molar-refractivity contribution in [2.45, 2.75) is 32.0 Å². The van der Waals surface area contributed by atoms with Crippen LogP contribution in [0.4, 0.5) is 24.9 Å². The third-order valence-corrected chi connectivity index (χ3v) is 7.33. The number of nitrogens with zero attached hydrogens (tertiary/aromatic N) is 5. The van der Waals surface area contributed by atoms with Crippen LogP contribution in [0.1, 0.15) is 25.5 Å². The molecule has 0 spiro atoms. The Morgan fingerprint density at radius 3 is 2.55 bits per heavy atom. The number of piperidine rings is 1. The molecule has 11 heteroatoms. The van der Waals surface area contributed by atoms with Gasteiger partial charge in [0.05, 0.1) is 12.7 Å². The summed E-state index contributed by atoms with van der Waals surface area (Å²) < 4.78 is 51.1. The lowest BCUT2D eigenvalue weighted by Crippen LogP contribution is -2.47. The lowest BCUT2D eigenvalue weighted by molar-refractivity contribution is -0.141. The van der Waals surface area contributed by atoms with Crippen LogP contribution in [0, 0.1) is 17.8 Å². The Balaban J connectivity index is 1.53. The highest BCUT2D eigenvalue weighted by Crippen LogP contribution is 2.55.